The van der Waals surface area contributed by atoms with Gasteiger partial charge in [-0.1, -0.05) is 73.2 Å². The van der Waals surface area contributed by atoms with Gasteiger partial charge in [0.05, 0.1) is 25.2 Å². The van der Waals surface area contributed by atoms with Crippen LogP contribution in [0.4, 0.5) is 5.69 Å². The first-order chi connectivity index (χ1) is 19.4. The highest BCUT2D eigenvalue weighted by Gasteiger charge is 2.76. The summed E-state index contributed by atoms with van der Waals surface area (Å²) in [4.78, 5) is 45.9. The van der Waals surface area contributed by atoms with Crippen LogP contribution in [0.2, 0.25) is 5.02 Å². The third kappa shape index (κ3) is 3.92. The number of halogens is 1. The smallest absolute Gasteiger partial charge is 0.313 e. The summed E-state index contributed by atoms with van der Waals surface area (Å²) in [5, 5.41) is 11.2. The normalized spacial score (nSPS) is 32.1. The van der Waals surface area contributed by atoms with Crippen LogP contribution in [0.1, 0.15) is 31.4 Å². The van der Waals surface area contributed by atoms with Gasteiger partial charge in [-0.15, -0.1) is 0 Å². The van der Waals surface area contributed by atoms with Gasteiger partial charge in [0.2, 0.25) is 5.91 Å². The zero-order valence-corrected chi connectivity index (χ0v) is 22.9. The number of esters is 1. The number of carbonyl (C=O) groups excluding carboxylic acids is 3. The van der Waals surface area contributed by atoms with Gasteiger partial charge in [0.1, 0.15) is 23.2 Å². The van der Waals surface area contributed by atoms with Crippen LogP contribution in [0.15, 0.2) is 78.9 Å². The van der Waals surface area contributed by atoms with Crippen LogP contribution < -0.4 is 4.90 Å². The van der Waals surface area contributed by atoms with Gasteiger partial charge in [0.25, 0.3) is 5.91 Å². The maximum atomic E-state index is 14.6. The molecule has 2 saturated heterocycles. The van der Waals surface area contributed by atoms with Crippen molar-refractivity contribution in [3.05, 3.63) is 89.5 Å². The van der Waals surface area contributed by atoms with Gasteiger partial charge >= 0.3 is 5.97 Å². The Kier molecular flexibility index (Phi) is 6.81. The molecule has 6 atom stereocenters. The van der Waals surface area contributed by atoms with Crippen LogP contribution in [0.5, 0.6) is 0 Å². The van der Waals surface area contributed by atoms with Crippen LogP contribution in [-0.4, -0.2) is 64.8 Å². The molecular formula is C31H31ClN2O6. The predicted molar refractivity (Wildman–Crippen MR) is 148 cm³/mol. The second kappa shape index (κ2) is 10.2. The molecule has 40 heavy (non-hydrogen) atoms. The van der Waals surface area contributed by atoms with Crippen LogP contribution in [0.3, 0.4) is 0 Å². The topological polar surface area (TPSA) is 96.4 Å². The molecular weight excluding hydrogens is 532 g/mol. The maximum absolute atomic E-state index is 14.6. The van der Waals surface area contributed by atoms with Crippen LogP contribution in [-0.2, 0) is 23.9 Å². The summed E-state index contributed by atoms with van der Waals surface area (Å²) in [5.74, 6) is -3.27. The van der Waals surface area contributed by atoms with Gasteiger partial charge in [-0.25, -0.2) is 0 Å². The molecule has 8 nitrogen and oxygen atoms in total. The lowest BCUT2D eigenvalue weighted by molar-refractivity contribution is -0.161. The summed E-state index contributed by atoms with van der Waals surface area (Å²) in [6.07, 6.45) is 8.35. The molecule has 4 aliphatic heterocycles. The first kappa shape index (κ1) is 26.7. The standard InChI is InChI=1S/C31H31ClN2O6/c1-2-30-15-6-7-18-39-29(38)25(30)24-27(36)34(23(19-35)20-9-4-3-5-10-20)26-28(37)33(17-8-16-31(24,26)40-30)22-13-11-21(32)12-14-22/h3-6,8-16,23-26,35H,2,7,17-19H2,1H3/t23-,24+,25-,26?,30+,31+/m1/s1. The first-order valence-corrected chi connectivity index (χ1v) is 14.0. The fourth-order valence-electron chi connectivity index (χ4n) is 6.89. The molecule has 1 N–H and O–H groups in total. The highest BCUT2D eigenvalue weighted by molar-refractivity contribution is 6.30. The third-order valence-corrected chi connectivity index (χ3v) is 8.92. The number of cyclic esters (lactones) is 1. The Bertz CT molecular complexity index is 1380. The SMILES string of the molecule is CC[C@]12C=CCCOC(=O)[C@H]1[C@H]1C(=O)N([C@H](CO)c3ccccc3)C3C(=O)N(c4ccc(Cl)cc4)CC=C[C@@]31O2. The Morgan fingerprint density at radius 3 is 2.45 bits per heavy atom. The molecule has 0 saturated carbocycles. The number of nitrogens with zero attached hydrogens (tertiary/aromatic N) is 2. The van der Waals surface area contributed by atoms with Crippen LogP contribution >= 0.6 is 11.6 Å². The number of ether oxygens (including phenoxy) is 2. The average molecular weight is 563 g/mol. The van der Waals surface area contributed by atoms with Crippen molar-refractivity contribution >= 4 is 35.1 Å². The third-order valence-electron chi connectivity index (χ3n) is 8.67. The molecule has 0 bridgehead atoms. The van der Waals surface area contributed by atoms with Gasteiger partial charge in [0, 0.05) is 17.3 Å². The average Bonchev–Trinajstić information content (AvgIpc) is 3.31. The monoisotopic (exact) mass is 562 g/mol. The Hall–Kier alpha value is -3.46. The number of benzene rings is 2. The summed E-state index contributed by atoms with van der Waals surface area (Å²) < 4.78 is 12.5. The molecule has 1 unspecified atom stereocenters. The minimum atomic E-state index is -1.45. The van der Waals surface area contributed by atoms with E-state index in [0.717, 1.165) is 0 Å². The number of hydrogen-bond donors (Lipinski definition) is 1. The van der Waals surface area contributed by atoms with Crippen LogP contribution in [0.25, 0.3) is 0 Å². The highest BCUT2D eigenvalue weighted by atomic mass is 35.5. The van der Waals surface area contributed by atoms with Gasteiger partial charge in [-0.3, -0.25) is 14.4 Å². The first-order valence-electron chi connectivity index (χ1n) is 13.6. The predicted octanol–water partition coefficient (Wildman–Crippen LogP) is 3.84. The summed E-state index contributed by atoms with van der Waals surface area (Å²) in [5.41, 5.74) is -1.29. The molecule has 2 aromatic carbocycles. The summed E-state index contributed by atoms with van der Waals surface area (Å²) in [6, 6.07) is 14.0. The van der Waals surface area contributed by atoms with Crippen molar-refractivity contribution in [2.24, 2.45) is 11.8 Å². The van der Waals surface area contributed by atoms with Crippen molar-refractivity contribution in [1.29, 1.82) is 0 Å². The minimum Gasteiger partial charge on any atom is -0.465 e. The number of fused-ring (bicyclic) bond motifs is 2. The highest BCUT2D eigenvalue weighted by Crippen LogP contribution is 2.59. The van der Waals surface area contributed by atoms with Crippen molar-refractivity contribution in [2.45, 2.75) is 43.1 Å². The number of aliphatic hydroxyl groups excluding tert-OH is 1. The molecule has 1 spiro atoms. The van der Waals surface area contributed by atoms with Crippen molar-refractivity contribution in [1.82, 2.24) is 4.90 Å². The lowest BCUT2D eigenvalue weighted by Gasteiger charge is -2.41. The largest absolute Gasteiger partial charge is 0.465 e. The number of carbonyl (C=O) groups is 3. The van der Waals surface area contributed by atoms with E-state index in [1.54, 1.807) is 35.2 Å². The minimum absolute atomic E-state index is 0.203. The molecule has 0 aromatic heterocycles. The number of rotatable bonds is 5. The van der Waals surface area contributed by atoms with E-state index in [0.29, 0.717) is 29.1 Å². The maximum Gasteiger partial charge on any atom is 0.313 e. The molecule has 2 amide bonds. The van der Waals surface area contributed by atoms with Gasteiger partial charge in [-0.05, 0) is 42.7 Å². The molecule has 9 heteroatoms. The zero-order valence-electron chi connectivity index (χ0n) is 22.1. The second-order valence-corrected chi connectivity index (χ2v) is 11.1. The molecule has 6 rings (SSSR count). The van der Waals surface area contributed by atoms with E-state index in [2.05, 4.69) is 0 Å². The van der Waals surface area contributed by atoms with Crippen molar-refractivity contribution in [2.75, 3.05) is 24.7 Å². The summed E-state index contributed by atoms with van der Waals surface area (Å²) >= 11 is 6.12. The van der Waals surface area contributed by atoms with E-state index in [1.807, 2.05) is 55.5 Å². The number of likely N-dealkylation sites (tertiary alicyclic amines) is 1. The Morgan fingerprint density at radius 2 is 1.75 bits per heavy atom. The molecule has 4 aliphatic rings. The van der Waals surface area contributed by atoms with E-state index >= 15 is 0 Å². The van der Waals surface area contributed by atoms with Gasteiger partial charge < -0.3 is 24.4 Å². The van der Waals surface area contributed by atoms with Crippen molar-refractivity contribution in [3.63, 3.8) is 0 Å². The lowest BCUT2D eigenvalue weighted by Crippen LogP contribution is -2.57. The summed E-state index contributed by atoms with van der Waals surface area (Å²) in [7, 11) is 0. The zero-order chi connectivity index (χ0) is 28.1. The Morgan fingerprint density at radius 1 is 1.00 bits per heavy atom. The molecule has 0 radical (unpaired) electrons. The van der Waals surface area contributed by atoms with Crippen molar-refractivity contribution < 1.29 is 29.0 Å². The van der Waals surface area contributed by atoms with Gasteiger partial charge in [0.15, 0.2) is 0 Å². The second-order valence-electron chi connectivity index (χ2n) is 10.7. The van der Waals surface area contributed by atoms with E-state index in [4.69, 9.17) is 21.1 Å². The fourth-order valence-corrected chi connectivity index (χ4v) is 7.01. The molecule has 2 fully saturated rings. The fraction of sp³-hybridized carbons (Fsp3) is 0.387. The van der Waals surface area contributed by atoms with Crippen LogP contribution in [0, 0.1) is 11.8 Å². The number of anilines is 1. The molecule has 208 valence electrons. The number of aliphatic hydroxyl groups is 1. The number of hydrogen-bond acceptors (Lipinski definition) is 6. The number of amides is 2. The Labute approximate surface area is 237 Å². The van der Waals surface area contributed by atoms with E-state index in [9.17, 15) is 19.5 Å². The van der Waals surface area contributed by atoms with E-state index in [1.165, 1.54) is 4.90 Å². The van der Waals surface area contributed by atoms with E-state index in [-0.39, 0.29) is 19.1 Å². The summed E-state index contributed by atoms with van der Waals surface area (Å²) in [6.45, 7) is 1.93. The molecule has 2 aromatic rings. The van der Waals surface area contributed by atoms with E-state index < -0.39 is 53.6 Å². The lowest BCUT2D eigenvalue weighted by atomic mass is 9.73. The Balaban J connectivity index is 1.55. The molecule has 0 aliphatic carbocycles. The molecule has 4 heterocycles. The quantitative estimate of drug-likeness (QED) is 0.439. The van der Waals surface area contributed by atoms with Gasteiger partial charge in [-0.2, -0.15) is 0 Å². The van der Waals surface area contributed by atoms with Crippen molar-refractivity contribution in [3.8, 4) is 0 Å².